The number of thioether (sulfide) groups is 1. The van der Waals surface area contributed by atoms with Crippen molar-refractivity contribution < 1.29 is 4.74 Å². The number of ether oxygens (including phenoxy) is 1. The van der Waals surface area contributed by atoms with E-state index in [-0.39, 0.29) is 0 Å². The van der Waals surface area contributed by atoms with Crippen LogP contribution in [0, 0.1) is 0 Å². The number of nitrogens with one attached hydrogen (secondary N) is 1. The molecule has 18 heavy (non-hydrogen) atoms. The van der Waals surface area contributed by atoms with Crippen molar-refractivity contribution in [2.75, 3.05) is 23.9 Å². The zero-order valence-electron chi connectivity index (χ0n) is 11.1. The first kappa shape index (κ1) is 15.5. The number of anilines is 1. The molecule has 102 valence electrons. The van der Waals surface area contributed by atoms with Gasteiger partial charge in [0.15, 0.2) is 5.82 Å². The molecule has 1 aromatic heterocycles. The second kappa shape index (κ2) is 8.56. The number of aromatic nitrogens is 2. The highest BCUT2D eigenvalue weighted by Gasteiger charge is 2.06. The standard InChI is InChI=1S/C12H20ClN3OS/c1-4-17-8-12-15-10(13)7-11(16-12)14-9(2)5-6-18-3/h7,9H,4-6,8H2,1-3H3,(H,14,15,16). The Labute approximate surface area is 118 Å². The van der Waals surface area contributed by atoms with Crippen molar-refractivity contribution in [2.45, 2.75) is 32.9 Å². The molecule has 0 bridgehead atoms. The molecule has 0 aliphatic heterocycles. The van der Waals surface area contributed by atoms with E-state index in [0.29, 0.717) is 30.2 Å². The minimum absolute atomic E-state index is 0.364. The Bertz CT molecular complexity index is 365. The highest BCUT2D eigenvalue weighted by atomic mass is 35.5. The smallest absolute Gasteiger partial charge is 0.158 e. The molecule has 0 fully saturated rings. The molecule has 1 atom stereocenters. The number of halogens is 1. The van der Waals surface area contributed by atoms with Gasteiger partial charge in [-0.15, -0.1) is 0 Å². The average Bonchev–Trinajstić information content (AvgIpc) is 2.33. The quantitative estimate of drug-likeness (QED) is 0.745. The molecule has 0 aliphatic rings. The van der Waals surface area contributed by atoms with E-state index in [9.17, 15) is 0 Å². The van der Waals surface area contributed by atoms with Crippen LogP contribution in [-0.4, -0.2) is 34.6 Å². The summed E-state index contributed by atoms with van der Waals surface area (Å²) in [6, 6.07) is 2.11. The summed E-state index contributed by atoms with van der Waals surface area (Å²) in [7, 11) is 0. The zero-order chi connectivity index (χ0) is 13.4. The van der Waals surface area contributed by atoms with Crippen LogP contribution in [0.2, 0.25) is 5.15 Å². The lowest BCUT2D eigenvalue weighted by Crippen LogP contribution is -2.17. The summed E-state index contributed by atoms with van der Waals surface area (Å²) in [5.41, 5.74) is 0. The largest absolute Gasteiger partial charge is 0.374 e. The van der Waals surface area contributed by atoms with Gasteiger partial charge in [-0.3, -0.25) is 0 Å². The second-order valence-electron chi connectivity index (χ2n) is 3.96. The molecule has 0 amide bonds. The molecule has 0 aromatic carbocycles. The van der Waals surface area contributed by atoms with Crippen LogP contribution in [0.5, 0.6) is 0 Å². The fourth-order valence-electron chi connectivity index (χ4n) is 1.42. The van der Waals surface area contributed by atoms with Gasteiger partial charge >= 0.3 is 0 Å². The van der Waals surface area contributed by atoms with E-state index in [0.717, 1.165) is 18.0 Å². The topological polar surface area (TPSA) is 47.0 Å². The molecule has 1 aromatic rings. The summed E-state index contributed by atoms with van der Waals surface area (Å²) in [4.78, 5) is 8.51. The van der Waals surface area contributed by atoms with Gasteiger partial charge in [-0.2, -0.15) is 11.8 Å². The zero-order valence-corrected chi connectivity index (χ0v) is 12.6. The molecule has 0 radical (unpaired) electrons. The SMILES string of the molecule is CCOCc1nc(Cl)cc(NC(C)CCSC)n1. The van der Waals surface area contributed by atoms with Gasteiger partial charge in [0.05, 0.1) is 0 Å². The van der Waals surface area contributed by atoms with Gasteiger partial charge in [0.1, 0.15) is 17.6 Å². The Balaban J connectivity index is 2.61. The van der Waals surface area contributed by atoms with E-state index in [4.69, 9.17) is 16.3 Å². The number of hydrogen-bond acceptors (Lipinski definition) is 5. The van der Waals surface area contributed by atoms with Gasteiger partial charge in [-0.25, -0.2) is 9.97 Å². The highest BCUT2D eigenvalue weighted by molar-refractivity contribution is 7.98. The first-order chi connectivity index (χ1) is 8.65. The summed E-state index contributed by atoms with van der Waals surface area (Å²) in [5.74, 6) is 2.50. The Morgan fingerprint density at radius 1 is 1.50 bits per heavy atom. The average molecular weight is 290 g/mol. The van der Waals surface area contributed by atoms with Crippen LogP contribution >= 0.6 is 23.4 Å². The summed E-state index contributed by atoms with van der Waals surface area (Å²) >= 11 is 7.81. The minimum Gasteiger partial charge on any atom is -0.374 e. The first-order valence-electron chi connectivity index (χ1n) is 6.02. The van der Waals surface area contributed by atoms with Gasteiger partial charge < -0.3 is 10.1 Å². The van der Waals surface area contributed by atoms with E-state index in [1.54, 1.807) is 6.07 Å². The molecule has 0 saturated heterocycles. The van der Waals surface area contributed by atoms with Crippen molar-refractivity contribution >= 4 is 29.2 Å². The lowest BCUT2D eigenvalue weighted by atomic mass is 10.2. The fourth-order valence-corrected chi connectivity index (χ4v) is 2.21. The number of nitrogens with zero attached hydrogens (tertiary/aromatic N) is 2. The minimum atomic E-state index is 0.364. The Kier molecular flexibility index (Phi) is 7.39. The molecule has 0 spiro atoms. The Hall–Kier alpha value is -0.520. The van der Waals surface area contributed by atoms with Gasteiger partial charge in [-0.05, 0) is 32.3 Å². The van der Waals surface area contributed by atoms with Crippen LogP contribution in [-0.2, 0) is 11.3 Å². The lowest BCUT2D eigenvalue weighted by molar-refractivity contribution is 0.128. The third kappa shape index (κ3) is 5.89. The molecule has 1 unspecified atom stereocenters. The van der Waals surface area contributed by atoms with Gasteiger partial charge in [0, 0.05) is 18.7 Å². The fraction of sp³-hybridized carbons (Fsp3) is 0.667. The van der Waals surface area contributed by atoms with Crippen LogP contribution in [0.1, 0.15) is 26.1 Å². The third-order valence-corrected chi connectivity index (χ3v) is 3.16. The molecular weight excluding hydrogens is 270 g/mol. The predicted octanol–water partition coefficient (Wildman–Crippen LogP) is 3.22. The molecule has 0 aliphatic carbocycles. The summed E-state index contributed by atoms with van der Waals surface area (Å²) in [5, 5.41) is 3.77. The lowest BCUT2D eigenvalue weighted by Gasteiger charge is -2.14. The molecule has 1 heterocycles. The number of hydrogen-bond donors (Lipinski definition) is 1. The summed E-state index contributed by atoms with van der Waals surface area (Å²) in [6.45, 7) is 5.11. The molecule has 1 rings (SSSR count). The van der Waals surface area contributed by atoms with Crippen LogP contribution in [0.15, 0.2) is 6.07 Å². The van der Waals surface area contributed by atoms with E-state index < -0.39 is 0 Å². The van der Waals surface area contributed by atoms with Crippen molar-refractivity contribution in [2.24, 2.45) is 0 Å². The van der Waals surface area contributed by atoms with Crippen LogP contribution in [0.25, 0.3) is 0 Å². The van der Waals surface area contributed by atoms with Gasteiger partial charge in [0.2, 0.25) is 0 Å². The summed E-state index contributed by atoms with van der Waals surface area (Å²) in [6.07, 6.45) is 3.19. The maximum atomic E-state index is 5.97. The highest BCUT2D eigenvalue weighted by Crippen LogP contribution is 2.14. The Morgan fingerprint density at radius 3 is 2.94 bits per heavy atom. The summed E-state index contributed by atoms with van der Waals surface area (Å²) < 4.78 is 5.28. The van der Waals surface area contributed by atoms with Crippen molar-refractivity contribution in [3.63, 3.8) is 0 Å². The van der Waals surface area contributed by atoms with Crippen LogP contribution in [0.3, 0.4) is 0 Å². The van der Waals surface area contributed by atoms with E-state index in [2.05, 4.69) is 28.5 Å². The second-order valence-corrected chi connectivity index (χ2v) is 5.33. The van der Waals surface area contributed by atoms with E-state index in [1.165, 1.54) is 0 Å². The third-order valence-electron chi connectivity index (χ3n) is 2.33. The Morgan fingerprint density at radius 2 is 2.28 bits per heavy atom. The van der Waals surface area contributed by atoms with Crippen molar-refractivity contribution in [3.05, 3.63) is 17.0 Å². The van der Waals surface area contributed by atoms with Crippen molar-refractivity contribution in [3.8, 4) is 0 Å². The molecular formula is C12H20ClN3OS. The monoisotopic (exact) mass is 289 g/mol. The van der Waals surface area contributed by atoms with Crippen LogP contribution in [0.4, 0.5) is 5.82 Å². The normalized spacial score (nSPS) is 12.4. The van der Waals surface area contributed by atoms with Gasteiger partial charge in [0.25, 0.3) is 0 Å². The number of rotatable bonds is 8. The van der Waals surface area contributed by atoms with E-state index in [1.807, 2.05) is 18.7 Å². The maximum Gasteiger partial charge on any atom is 0.158 e. The predicted molar refractivity (Wildman–Crippen MR) is 78.5 cm³/mol. The molecule has 6 heteroatoms. The molecule has 0 saturated carbocycles. The van der Waals surface area contributed by atoms with E-state index >= 15 is 0 Å². The maximum absolute atomic E-state index is 5.97. The van der Waals surface area contributed by atoms with Gasteiger partial charge in [-0.1, -0.05) is 11.6 Å². The van der Waals surface area contributed by atoms with Crippen molar-refractivity contribution in [1.29, 1.82) is 0 Å². The van der Waals surface area contributed by atoms with Crippen molar-refractivity contribution in [1.82, 2.24) is 9.97 Å². The first-order valence-corrected chi connectivity index (χ1v) is 7.79. The molecule has 1 N–H and O–H groups in total. The van der Waals surface area contributed by atoms with Crippen LogP contribution < -0.4 is 5.32 Å². The molecule has 4 nitrogen and oxygen atoms in total.